The van der Waals surface area contributed by atoms with Crippen LogP contribution in [-0.2, 0) is 4.74 Å². The lowest BCUT2D eigenvalue weighted by atomic mass is 10.0. The molecular formula is C13H22N2OS. The van der Waals surface area contributed by atoms with Crippen LogP contribution in [0.1, 0.15) is 54.2 Å². The van der Waals surface area contributed by atoms with Gasteiger partial charge in [0.15, 0.2) is 0 Å². The summed E-state index contributed by atoms with van der Waals surface area (Å²) in [6.07, 6.45) is 2.39. The highest BCUT2D eigenvalue weighted by Crippen LogP contribution is 2.33. The fourth-order valence-electron chi connectivity index (χ4n) is 2.34. The van der Waals surface area contributed by atoms with E-state index in [2.05, 4.69) is 26.1 Å². The zero-order chi connectivity index (χ0) is 12.3. The molecule has 4 heteroatoms. The van der Waals surface area contributed by atoms with Gasteiger partial charge in [0.1, 0.15) is 0 Å². The lowest BCUT2D eigenvalue weighted by molar-refractivity contribution is 0.0803. The van der Waals surface area contributed by atoms with Crippen molar-refractivity contribution in [1.82, 2.24) is 10.3 Å². The zero-order valence-corrected chi connectivity index (χ0v) is 11.8. The Kier molecular flexibility index (Phi) is 4.54. The van der Waals surface area contributed by atoms with Crippen molar-refractivity contribution in [1.29, 1.82) is 0 Å². The van der Waals surface area contributed by atoms with E-state index in [1.807, 2.05) is 11.3 Å². The molecule has 0 amide bonds. The van der Waals surface area contributed by atoms with Crippen LogP contribution in [0.2, 0.25) is 0 Å². The number of aryl methyl sites for hydroxylation is 1. The summed E-state index contributed by atoms with van der Waals surface area (Å²) in [6.45, 7) is 9.24. The average molecular weight is 254 g/mol. The highest BCUT2D eigenvalue weighted by atomic mass is 32.1. The van der Waals surface area contributed by atoms with Gasteiger partial charge in [-0.2, -0.15) is 0 Å². The van der Waals surface area contributed by atoms with Gasteiger partial charge in [0.05, 0.1) is 17.3 Å². The number of ether oxygens (including phenoxy) is 1. The van der Waals surface area contributed by atoms with Gasteiger partial charge < -0.3 is 10.1 Å². The van der Waals surface area contributed by atoms with Crippen molar-refractivity contribution in [3.8, 4) is 0 Å². The second-order valence-corrected chi connectivity index (χ2v) is 5.76. The van der Waals surface area contributed by atoms with E-state index in [1.54, 1.807) is 0 Å². The van der Waals surface area contributed by atoms with E-state index in [4.69, 9.17) is 9.72 Å². The van der Waals surface area contributed by atoms with Crippen molar-refractivity contribution >= 4 is 11.3 Å². The predicted molar refractivity (Wildman–Crippen MR) is 71.7 cm³/mol. The Bertz CT molecular complexity index is 358. The molecule has 1 aliphatic rings. The van der Waals surface area contributed by atoms with E-state index < -0.39 is 0 Å². The Morgan fingerprint density at radius 1 is 1.59 bits per heavy atom. The van der Waals surface area contributed by atoms with Crippen LogP contribution < -0.4 is 5.32 Å². The van der Waals surface area contributed by atoms with Gasteiger partial charge in [-0.25, -0.2) is 4.98 Å². The molecule has 2 unspecified atom stereocenters. The maximum absolute atomic E-state index is 5.54. The number of thiazole rings is 1. The molecule has 0 aliphatic carbocycles. The second kappa shape index (κ2) is 5.94. The molecule has 2 atom stereocenters. The van der Waals surface area contributed by atoms with E-state index in [0.717, 1.165) is 19.8 Å². The van der Waals surface area contributed by atoms with Crippen molar-refractivity contribution in [3.05, 3.63) is 15.6 Å². The van der Waals surface area contributed by atoms with Crippen molar-refractivity contribution in [2.45, 2.75) is 45.6 Å². The molecular weight excluding hydrogens is 232 g/mol. The first kappa shape index (κ1) is 13.0. The summed E-state index contributed by atoms with van der Waals surface area (Å²) in [5.74, 6) is 0.523. The predicted octanol–water partition coefficient (Wildman–Crippen LogP) is 3.02. The average Bonchev–Trinajstić information content (AvgIpc) is 2.73. The number of nitrogens with zero attached hydrogens (tertiary/aromatic N) is 1. The van der Waals surface area contributed by atoms with Crippen LogP contribution in [0.5, 0.6) is 0 Å². The minimum atomic E-state index is 0.413. The number of aromatic nitrogens is 1. The number of nitrogens with one attached hydrogen (secondary N) is 1. The summed E-state index contributed by atoms with van der Waals surface area (Å²) in [5.41, 5.74) is 1.18. The van der Waals surface area contributed by atoms with Gasteiger partial charge in [-0.3, -0.25) is 0 Å². The second-order valence-electron chi connectivity index (χ2n) is 4.70. The first-order chi connectivity index (χ1) is 8.22. The molecule has 1 aliphatic heterocycles. The summed E-state index contributed by atoms with van der Waals surface area (Å²) in [6, 6.07) is 0.413. The van der Waals surface area contributed by atoms with Crippen molar-refractivity contribution < 1.29 is 4.74 Å². The first-order valence-corrected chi connectivity index (χ1v) is 7.32. The topological polar surface area (TPSA) is 34.1 Å². The van der Waals surface area contributed by atoms with Gasteiger partial charge in [0, 0.05) is 23.4 Å². The molecule has 1 saturated heterocycles. The highest BCUT2D eigenvalue weighted by Gasteiger charge is 2.22. The van der Waals surface area contributed by atoms with Crippen molar-refractivity contribution in [2.75, 3.05) is 19.8 Å². The summed E-state index contributed by atoms with van der Waals surface area (Å²) in [7, 11) is 0. The van der Waals surface area contributed by atoms with Crippen LogP contribution in [0.4, 0.5) is 0 Å². The maximum Gasteiger partial charge on any atom is 0.0985 e. The summed E-state index contributed by atoms with van der Waals surface area (Å²) >= 11 is 1.86. The Morgan fingerprint density at radius 3 is 3.06 bits per heavy atom. The lowest BCUT2D eigenvalue weighted by Gasteiger charge is -2.19. The quantitative estimate of drug-likeness (QED) is 0.897. The molecule has 17 heavy (non-hydrogen) atoms. The molecule has 0 saturated carbocycles. The third kappa shape index (κ3) is 3.06. The van der Waals surface area contributed by atoms with Gasteiger partial charge in [0.2, 0.25) is 0 Å². The standard InChI is InChI=1S/C13H22N2OS/c1-4-14-9(2)12-10(3)15-13(17-12)11-6-5-7-16-8-11/h9,11,14H,4-8H2,1-3H3. The van der Waals surface area contributed by atoms with Crippen molar-refractivity contribution in [3.63, 3.8) is 0 Å². The maximum atomic E-state index is 5.54. The number of rotatable bonds is 4. The van der Waals surface area contributed by atoms with E-state index in [0.29, 0.717) is 12.0 Å². The Hall–Kier alpha value is -0.450. The molecule has 96 valence electrons. The van der Waals surface area contributed by atoms with Gasteiger partial charge in [-0.05, 0) is 33.2 Å². The normalized spacial score (nSPS) is 22.6. The van der Waals surface area contributed by atoms with Crippen molar-refractivity contribution in [2.24, 2.45) is 0 Å². The smallest absolute Gasteiger partial charge is 0.0985 e. The van der Waals surface area contributed by atoms with Gasteiger partial charge in [-0.1, -0.05) is 6.92 Å². The summed E-state index contributed by atoms with van der Waals surface area (Å²) in [4.78, 5) is 6.12. The van der Waals surface area contributed by atoms with Crippen LogP contribution in [0.25, 0.3) is 0 Å². The molecule has 0 spiro atoms. The third-order valence-electron chi connectivity index (χ3n) is 3.26. The molecule has 2 rings (SSSR count). The highest BCUT2D eigenvalue weighted by molar-refractivity contribution is 7.11. The molecule has 2 heterocycles. The van der Waals surface area contributed by atoms with Crippen LogP contribution >= 0.6 is 11.3 Å². The molecule has 3 nitrogen and oxygen atoms in total. The Morgan fingerprint density at radius 2 is 2.41 bits per heavy atom. The van der Waals surface area contributed by atoms with Gasteiger partial charge in [0.25, 0.3) is 0 Å². The monoisotopic (exact) mass is 254 g/mol. The molecule has 1 aromatic heterocycles. The molecule has 1 N–H and O–H groups in total. The number of hydrogen-bond donors (Lipinski definition) is 1. The Labute approximate surface area is 108 Å². The van der Waals surface area contributed by atoms with E-state index in [1.165, 1.54) is 28.4 Å². The zero-order valence-electron chi connectivity index (χ0n) is 11.0. The molecule has 1 fully saturated rings. The summed E-state index contributed by atoms with van der Waals surface area (Å²) in [5, 5.41) is 4.72. The minimum absolute atomic E-state index is 0.413. The van der Waals surface area contributed by atoms with Crippen LogP contribution in [-0.4, -0.2) is 24.7 Å². The van der Waals surface area contributed by atoms with Crippen LogP contribution in [0, 0.1) is 6.92 Å². The Balaban J connectivity index is 2.11. The minimum Gasteiger partial charge on any atom is -0.381 e. The van der Waals surface area contributed by atoms with E-state index in [-0.39, 0.29) is 0 Å². The van der Waals surface area contributed by atoms with Gasteiger partial charge >= 0.3 is 0 Å². The van der Waals surface area contributed by atoms with Gasteiger partial charge in [-0.15, -0.1) is 11.3 Å². The van der Waals surface area contributed by atoms with Crippen LogP contribution in [0.15, 0.2) is 0 Å². The SMILES string of the molecule is CCNC(C)c1sc(C2CCCOC2)nc1C. The summed E-state index contributed by atoms with van der Waals surface area (Å²) < 4.78 is 5.54. The fourth-order valence-corrected chi connectivity index (χ4v) is 3.55. The van der Waals surface area contributed by atoms with E-state index >= 15 is 0 Å². The molecule has 0 aromatic carbocycles. The molecule has 1 aromatic rings. The molecule has 0 bridgehead atoms. The fraction of sp³-hybridized carbons (Fsp3) is 0.769. The first-order valence-electron chi connectivity index (χ1n) is 6.50. The number of hydrogen-bond acceptors (Lipinski definition) is 4. The third-order valence-corrected chi connectivity index (χ3v) is 4.76. The largest absolute Gasteiger partial charge is 0.381 e. The van der Waals surface area contributed by atoms with E-state index in [9.17, 15) is 0 Å². The van der Waals surface area contributed by atoms with Crippen LogP contribution in [0.3, 0.4) is 0 Å². The molecule has 0 radical (unpaired) electrons. The lowest BCUT2D eigenvalue weighted by Crippen LogP contribution is -2.17.